The molecule has 1 aliphatic rings. The van der Waals surface area contributed by atoms with E-state index in [0.29, 0.717) is 24.3 Å². The van der Waals surface area contributed by atoms with Crippen molar-refractivity contribution in [3.63, 3.8) is 0 Å². The van der Waals surface area contributed by atoms with Crippen molar-refractivity contribution in [2.45, 2.75) is 18.9 Å². The van der Waals surface area contributed by atoms with Gasteiger partial charge in [0, 0.05) is 5.56 Å². The van der Waals surface area contributed by atoms with E-state index in [0.717, 1.165) is 6.42 Å². The zero-order valence-corrected chi connectivity index (χ0v) is 7.16. The molecule has 1 aromatic rings. The number of fused-ring (bicyclic) bond motifs is 1. The molecule has 0 aromatic heterocycles. The Balaban J connectivity index is 2.43. The van der Waals surface area contributed by atoms with E-state index in [1.807, 2.05) is 0 Å². The Hall–Kier alpha value is -1.09. The van der Waals surface area contributed by atoms with Crippen LogP contribution in [0.25, 0.3) is 0 Å². The van der Waals surface area contributed by atoms with E-state index < -0.39 is 6.10 Å². The molecule has 0 amide bonds. The fraction of sp³-hybridized carbons (Fsp3) is 0.400. The van der Waals surface area contributed by atoms with Crippen LogP contribution < -0.4 is 4.74 Å². The molecule has 2 nitrogen and oxygen atoms in total. The van der Waals surface area contributed by atoms with E-state index in [9.17, 15) is 9.50 Å². The highest BCUT2D eigenvalue weighted by molar-refractivity contribution is 5.36. The fourth-order valence-electron chi connectivity index (χ4n) is 1.53. The lowest BCUT2D eigenvalue weighted by molar-refractivity contribution is 0.167. The van der Waals surface area contributed by atoms with Crippen LogP contribution in [0.4, 0.5) is 4.39 Å². The second-order valence-corrected chi connectivity index (χ2v) is 3.19. The lowest BCUT2D eigenvalue weighted by Gasteiger charge is -2.10. The second kappa shape index (κ2) is 3.34. The van der Waals surface area contributed by atoms with Crippen molar-refractivity contribution in [1.29, 1.82) is 0 Å². The molecule has 1 atom stereocenters. The van der Waals surface area contributed by atoms with Crippen LogP contribution in [-0.2, 0) is 0 Å². The number of benzene rings is 1. The van der Waals surface area contributed by atoms with Crippen LogP contribution in [0.5, 0.6) is 5.75 Å². The first-order valence-corrected chi connectivity index (χ1v) is 4.37. The third-order valence-corrected chi connectivity index (χ3v) is 2.21. The largest absolute Gasteiger partial charge is 0.493 e. The van der Waals surface area contributed by atoms with Crippen LogP contribution in [0.3, 0.4) is 0 Å². The van der Waals surface area contributed by atoms with Gasteiger partial charge in [0.15, 0.2) is 0 Å². The minimum atomic E-state index is -0.590. The maximum atomic E-state index is 12.8. The molecule has 1 heterocycles. The smallest absolute Gasteiger partial charge is 0.125 e. The summed E-state index contributed by atoms with van der Waals surface area (Å²) in [5.74, 6) is 0.273. The number of ether oxygens (including phenoxy) is 1. The number of aliphatic hydroxyl groups is 1. The van der Waals surface area contributed by atoms with E-state index in [2.05, 4.69) is 0 Å². The van der Waals surface area contributed by atoms with Gasteiger partial charge in [-0.3, -0.25) is 0 Å². The summed E-state index contributed by atoms with van der Waals surface area (Å²) in [5, 5.41) is 9.62. The molecule has 0 radical (unpaired) electrons. The highest BCUT2D eigenvalue weighted by Gasteiger charge is 2.17. The summed E-state index contributed by atoms with van der Waals surface area (Å²) in [4.78, 5) is 0. The monoisotopic (exact) mass is 182 g/mol. The Morgan fingerprint density at radius 3 is 3.15 bits per heavy atom. The van der Waals surface area contributed by atoms with Crippen LogP contribution in [0, 0.1) is 5.82 Å². The van der Waals surface area contributed by atoms with Crippen molar-refractivity contribution < 1.29 is 14.2 Å². The first-order chi connectivity index (χ1) is 6.27. The van der Waals surface area contributed by atoms with Crippen LogP contribution in [0.15, 0.2) is 18.2 Å². The van der Waals surface area contributed by atoms with E-state index in [1.165, 1.54) is 12.1 Å². The molecule has 1 aliphatic heterocycles. The lowest BCUT2D eigenvalue weighted by Crippen LogP contribution is -1.96. The normalized spacial score (nSPS) is 21.5. The summed E-state index contributed by atoms with van der Waals surface area (Å²) >= 11 is 0. The third-order valence-electron chi connectivity index (χ3n) is 2.21. The van der Waals surface area contributed by atoms with Crippen molar-refractivity contribution in [2.24, 2.45) is 0 Å². The summed E-state index contributed by atoms with van der Waals surface area (Å²) in [6.07, 6.45) is 0.849. The van der Waals surface area contributed by atoms with Gasteiger partial charge in [-0.2, -0.15) is 0 Å². The molecule has 1 aromatic carbocycles. The maximum Gasteiger partial charge on any atom is 0.125 e. The molecule has 1 N–H and O–H groups in total. The van der Waals surface area contributed by atoms with Gasteiger partial charge in [0.25, 0.3) is 0 Å². The van der Waals surface area contributed by atoms with Gasteiger partial charge in [-0.1, -0.05) is 0 Å². The molecular weight excluding hydrogens is 171 g/mol. The molecule has 13 heavy (non-hydrogen) atoms. The van der Waals surface area contributed by atoms with Crippen LogP contribution >= 0.6 is 0 Å². The summed E-state index contributed by atoms with van der Waals surface area (Å²) in [5.41, 5.74) is 0.567. The first-order valence-electron chi connectivity index (χ1n) is 4.37. The van der Waals surface area contributed by atoms with Gasteiger partial charge >= 0.3 is 0 Å². The van der Waals surface area contributed by atoms with Gasteiger partial charge < -0.3 is 9.84 Å². The molecule has 0 aliphatic carbocycles. The molecule has 1 unspecified atom stereocenters. The number of hydrogen-bond donors (Lipinski definition) is 1. The third kappa shape index (κ3) is 1.65. The molecule has 0 saturated carbocycles. The first kappa shape index (κ1) is 8.51. The summed E-state index contributed by atoms with van der Waals surface area (Å²) in [6.45, 7) is 0.593. The summed E-state index contributed by atoms with van der Waals surface area (Å²) in [6, 6.07) is 4.25. The summed E-state index contributed by atoms with van der Waals surface area (Å²) in [7, 11) is 0. The lowest BCUT2D eigenvalue weighted by atomic mass is 10.1. The predicted molar refractivity (Wildman–Crippen MR) is 46.1 cm³/mol. The van der Waals surface area contributed by atoms with Crippen LogP contribution in [-0.4, -0.2) is 11.7 Å². The fourth-order valence-corrected chi connectivity index (χ4v) is 1.53. The highest BCUT2D eigenvalue weighted by Crippen LogP contribution is 2.31. The molecule has 0 saturated heterocycles. The Labute approximate surface area is 76.0 Å². The van der Waals surface area contributed by atoms with E-state index in [1.54, 1.807) is 6.07 Å². The van der Waals surface area contributed by atoms with Gasteiger partial charge in [0.05, 0.1) is 12.7 Å². The Morgan fingerprint density at radius 2 is 2.31 bits per heavy atom. The number of hydrogen-bond acceptors (Lipinski definition) is 2. The molecule has 3 heteroatoms. The summed E-state index contributed by atoms with van der Waals surface area (Å²) < 4.78 is 18.2. The molecule has 0 bridgehead atoms. The standard InChI is InChI=1S/C10H11FO2/c11-7-3-4-10-8(6-7)9(12)2-1-5-13-10/h3-4,6,9,12H,1-2,5H2. The zero-order valence-electron chi connectivity index (χ0n) is 7.16. The van der Waals surface area contributed by atoms with Crippen molar-refractivity contribution in [1.82, 2.24) is 0 Å². The Morgan fingerprint density at radius 1 is 1.46 bits per heavy atom. The number of rotatable bonds is 0. The average molecular weight is 182 g/mol. The van der Waals surface area contributed by atoms with E-state index in [4.69, 9.17) is 4.74 Å². The minimum Gasteiger partial charge on any atom is -0.493 e. The van der Waals surface area contributed by atoms with Gasteiger partial charge in [0.2, 0.25) is 0 Å². The molecule has 70 valence electrons. The Bertz CT molecular complexity index is 312. The predicted octanol–water partition coefficient (Wildman–Crippen LogP) is 2.03. The molecular formula is C10H11FO2. The highest BCUT2D eigenvalue weighted by atomic mass is 19.1. The second-order valence-electron chi connectivity index (χ2n) is 3.19. The molecule has 0 fully saturated rings. The molecule has 0 spiro atoms. The van der Waals surface area contributed by atoms with Crippen molar-refractivity contribution in [2.75, 3.05) is 6.61 Å². The van der Waals surface area contributed by atoms with Crippen LogP contribution in [0.1, 0.15) is 24.5 Å². The van der Waals surface area contributed by atoms with Gasteiger partial charge in [-0.05, 0) is 31.0 Å². The minimum absolute atomic E-state index is 0.330. The van der Waals surface area contributed by atoms with Gasteiger partial charge in [-0.15, -0.1) is 0 Å². The SMILES string of the molecule is OC1CCCOc2ccc(F)cc21. The van der Waals surface area contributed by atoms with E-state index in [-0.39, 0.29) is 5.82 Å². The maximum absolute atomic E-state index is 12.8. The zero-order chi connectivity index (χ0) is 9.26. The van der Waals surface area contributed by atoms with Gasteiger partial charge in [-0.25, -0.2) is 4.39 Å². The van der Waals surface area contributed by atoms with E-state index >= 15 is 0 Å². The Kier molecular flexibility index (Phi) is 2.19. The quantitative estimate of drug-likeness (QED) is 0.665. The van der Waals surface area contributed by atoms with Crippen molar-refractivity contribution in [3.8, 4) is 5.75 Å². The number of halogens is 1. The van der Waals surface area contributed by atoms with Crippen molar-refractivity contribution >= 4 is 0 Å². The van der Waals surface area contributed by atoms with Crippen molar-refractivity contribution in [3.05, 3.63) is 29.6 Å². The topological polar surface area (TPSA) is 29.5 Å². The number of aliphatic hydroxyl groups excluding tert-OH is 1. The van der Waals surface area contributed by atoms with Crippen LogP contribution in [0.2, 0.25) is 0 Å². The molecule has 2 rings (SSSR count). The average Bonchev–Trinajstić information content (AvgIpc) is 2.29. The van der Waals surface area contributed by atoms with Gasteiger partial charge in [0.1, 0.15) is 11.6 Å².